The van der Waals surface area contributed by atoms with Crippen LogP contribution in [0.25, 0.3) is 0 Å². The number of thiophene rings is 1. The maximum Gasteiger partial charge on any atom is 0.250 e. The Balaban J connectivity index is 1.73. The molecular formula is C14H17BrN2O3S3. The molecule has 1 N–H and O–H groups in total. The predicted octanol–water partition coefficient (Wildman–Crippen LogP) is 3.17. The Bertz CT molecular complexity index is 724. The molecule has 9 heteroatoms. The summed E-state index contributed by atoms with van der Waals surface area (Å²) in [7, 11) is -3.50. The van der Waals surface area contributed by atoms with E-state index in [0.717, 1.165) is 34.1 Å². The van der Waals surface area contributed by atoms with E-state index < -0.39 is 10.0 Å². The van der Waals surface area contributed by atoms with E-state index in [9.17, 15) is 8.42 Å². The van der Waals surface area contributed by atoms with Gasteiger partial charge in [0, 0.05) is 31.1 Å². The van der Waals surface area contributed by atoms with Crippen LogP contribution in [0, 0.1) is 0 Å². The van der Waals surface area contributed by atoms with Crippen LogP contribution in [0.2, 0.25) is 0 Å². The average Bonchev–Trinajstić information content (AvgIpc) is 3.20. The molecule has 126 valence electrons. The first-order valence-corrected chi connectivity index (χ1v) is 11.4. The smallest absolute Gasteiger partial charge is 0.250 e. The minimum absolute atomic E-state index is 0.0796. The summed E-state index contributed by atoms with van der Waals surface area (Å²) in [5.74, 6) is 2.91. The van der Waals surface area contributed by atoms with Crippen LogP contribution in [-0.4, -0.2) is 44.5 Å². The lowest BCUT2D eigenvalue weighted by atomic mass is 10.2. The number of rotatable bonds is 6. The Labute approximate surface area is 152 Å². The van der Waals surface area contributed by atoms with Gasteiger partial charge >= 0.3 is 0 Å². The normalized spacial score (nSPS) is 18.1. The number of hydrogen-bond donors (Lipinski definition) is 1. The molecule has 1 aliphatic rings. The number of hydrogen-bond acceptors (Lipinski definition) is 6. The zero-order valence-electron chi connectivity index (χ0n) is 12.3. The predicted molar refractivity (Wildman–Crippen MR) is 97.6 cm³/mol. The maximum atomic E-state index is 12.4. The molecule has 3 rings (SSSR count). The Kier molecular flexibility index (Phi) is 5.87. The Hall–Kier alpha value is -0.320. The van der Waals surface area contributed by atoms with Gasteiger partial charge in [0.1, 0.15) is 9.97 Å². The molecule has 2 aromatic heterocycles. The van der Waals surface area contributed by atoms with Crippen molar-refractivity contribution in [3.63, 3.8) is 0 Å². The summed E-state index contributed by atoms with van der Waals surface area (Å²) in [5.41, 5.74) is 0. The number of halogens is 1. The third-order valence-corrected chi connectivity index (χ3v) is 8.12. The van der Waals surface area contributed by atoms with E-state index in [1.807, 2.05) is 23.9 Å². The summed E-state index contributed by atoms with van der Waals surface area (Å²) < 4.78 is 34.2. The molecular weight excluding hydrogens is 420 g/mol. The van der Waals surface area contributed by atoms with Crippen molar-refractivity contribution < 1.29 is 12.8 Å². The van der Waals surface area contributed by atoms with Gasteiger partial charge in [0.2, 0.25) is 10.0 Å². The minimum atomic E-state index is -3.50. The number of sulfonamides is 1. The van der Waals surface area contributed by atoms with Crippen LogP contribution in [0.15, 0.2) is 42.9 Å². The molecule has 1 fully saturated rings. The Morgan fingerprint density at radius 3 is 2.70 bits per heavy atom. The van der Waals surface area contributed by atoms with E-state index in [-0.39, 0.29) is 6.04 Å². The Morgan fingerprint density at radius 1 is 1.30 bits per heavy atom. The van der Waals surface area contributed by atoms with Gasteiger partial charge in [-0.15, -0.1) is 11.3 Å². The fourth-order valence-electron chi connectivity index (χ4n) is 2.48. The van der Waals surface area contributed by atoms with Gasteiger partial charge in [-0.1, -0.05) is 0 Å². The zero-order valence-corrected chi connectivity index (χ0v) is 16.3. The third kappa shape index (κ3) is 4.40. The molecule has 23 heavy (non-hydrogen) atoms. The third-order valence-electron chi connectivity index (χ3n) is 3.64. The van der Waals surface area contributed by atoms with E-state index in [0.29, 0.717) is 10.8 Å². The first-order chi connectivity index (χ1) is 11.1. The summed E-state index contributed by atoms with van der Waals surface area (Å²) >= 11 is 6.43. The summed E-state index contributed by atoms with van der Waals surface area (Å²) in [6, 6.07) is 7.01. The first-order valence-electron chi connectivity index (χ1n) is 7.16. The van der Waals surface area contributed by atoms with E-state index in [1.165, 1.54) is 11.3 Å². The van der Waals surface area contributed by atoms with Gasteiger partial charge in [-0.25, -0.2) is 13.1 Å². The van der Waals surface area contributed by atoms with E-state index >= 15 is 0 Å². The molecule has 0 bridgehead atoms. The fraction of sp³-hybridized carbons (Fsp3) is 0.429. The first kappa shape index (κ1) is 17.5. The van der Waals surface area contributed by atoms with Crippen molar-refractivity contribution in [2.45, 2.75) is 10.3 Å². The quantitative estimate of drug-likeness (QED) is 0.752. The van der Waals surface area contributed by atoms with Gasteiger partial charge in [0.15, 0.2) is 0 Å². The van der Waals surface area contributed by atoms with E-state index in [4.69, 9.17) is 4.42 Å². The highest BCUT2D eigenvalue weighted by atomic mass is 79.9. The highest BCUT2D eigenvalue weighted by molar-refractivity contribution is 9.11. The fourth-order valence-corrected chi connectivity index (χ4v) is 6.51. The van der Waals surface area contributed by atoms with Crippen LogP contribution in [0.1, 0.15) is 11.8 Å². The lowest BCUT2D eigenvalue weighted by Gasteiger charge is -2.33. The second kappa shape index (κ2) is 7.71. The number of thioether (sulfide) groups is 1. The highest BCUT2D eigenvalue weighted by Crippen LogP contribution is 2.27. The summed E-state index contributed by atoms with van der Waals surface area (Å²) in [5, 5.41) is 0. The summed E-state index contributed by atoms with van der Waals surface area (Å²) in [6.45, 7) is 2.17. The number of nitrogens with zero attached hydrogens (tertiary/aromatic N) is 1. The largest absolute Gasteiger partial charge is 0.468 e. The van der Waals surface area contributed by atoms with Crippen molar-refractivity contribution in [1.82, 2.24) is 9.62 Å². The van der Waals surface area contributed by atoms with Crippen molar-refractivity contribution in [1.29, 1.82) is 0 Å². The molecule has 1 aliphatic heterocycles. The van der Waals surface area contributed by atoms with Crippen molar-refractivity contribution >= 4 is 49.1 Å². The van der Waals surface area contributed by atoms with E-state index in [1.54, 1.807) is 18.4 Å². The van der Waals surface area contributed by atoms with Crippen LogP contribution < -0.4 is 4.72 Å². The molecule has 3 heterocycles. The molecule has 2 aromatic rings. The van der Waals surface area contributed by atoms with Gasteiger partial charge in [0.25, 0.3) is 0 Å². The van der Waals surface area contributed by atoms with E-state index in [2.05, 4.69) is 25.6 Å². The van der Waals surface area contributed by atoms with Crippen LogP contribution in [0.4, 0.5) is 0 Å². The SMILES string of the molecule is O=S(=O)(NC[C@@H](c1ccco1)N1CCSCC1)c1ccc(Br)s1. The number of nitrogens with one attached hydrogen (secondary N) is 1. The van der Waals surface area contributed by atoms with Gasteiger partial charge in [-0.05, 0) is 40.2 Å². The summed E-state index contributed by atoms with van der Waals surface area (Å²) in [4.78, 5) is 2.28. The zero-order chi connectivity index (χ0) is 16.3. The van der Waals surface area contributed by atoms with Crippen LogP contribution >= 0.6 is 39.0 Å². The number of furan rings is 1. The highest BCUT2D eigenvalue weighted by Gasteiger charge is 2.27. The average molecular weight is 437 g/mol. The topological polar surface area (TPSA) is 62.6 Å². The molecule has 0 amide bonds. The van der Waals surface area contributed by atoms with Crippen molar-refractivity contribution in [3.05, 3.63) is 40.1 Å². The lowest BCUT2D eigenvalue weighted by molar-refractivity contribution is 0.193. The monoisotopic (exact) mass is 436 g/mol. The molecule has 0 spiro atoms. The van der Waals surface area contributed by atoms with Gasteiger partial charge < -0.3 is 4.42 Å². The second-order valence-corrected chi connectivity index (χ2v) is 10.8. The molecule has 0 radical (unpaired) electrons. The standard InChI is InChI=1S/C14H17BrN2O3S3/c15-13-3-4-14(22-13)23(18,19)16-10-11(12-2-1-7-20-12)17-5-8-21-9-6-17/h1-4,7,11,16H,5-6,8-10H2/t11-/m0/s1. The Morgan fingerprint density at radius 2 is 2.09 bits per heavy atom. The van der Waals surface area contributed by atoms with Crippen molar-refractivity contribution in [2.24, 2.45) is 0 Å². The lowest BCUT2D eigenvalue weighted by Crippen LogP contribution is -2.41. The van der Waals surface area contributed by atoms with Crippen LogP contribution in [0.5, 0.6) is 0 Å². The summed E-state index contributed by atoms with van der Waals surface area (Å²) in [6.07, 6.45) is 1.63. The molecule has 0 aromatic carbocycles. The molecule has 1 saturated heterocycles. The second-order valence-electron chi connectivity index (χ2n) is 5.09. The maximum absolute atomic E-state index is 12.4. The van der Waals surface area contributed by atoms with Gasteiger partial charge in [-0.3, -0.25) is 4.90 Å². The van der Waals surface area contributed by atoms with Gasteiger partial charge in [0.05, 0.1) is 16.1 Å². The van der Waals surface area contributed by atoms with Crippen molar-refractivity contribution in [3.8, 4) is 0 Å². The van der Waals surface area contributed by atoms with Crippen LogP contribution in [-0.2, 0) is 10.0 Å². The molecule has 0 unspecified atom stereocenters. The molecule has 1 atom stereocenters. The van der Waals surface area contributed by atoms with Crippen LogP contribution in [0.3, 0.4) is 0 Å². The minimum Gasteiger partial charge on any atom is -0.468 e. The van der Waals surface area contributed by atoms with Gasteiger partial charge in [-0.2, -0.15) is 11.8 Å². The molecule has 5 nitrogen and oxygen atoms in total. The molecule has 0 aliphatic carbocycles. The molecule has 0 saturated carbocycles. The van der Waals surface area contributed by atoms with Crippen molar-refractivity contribution in [2.75, 3.05) is 31.1 Å².